The molecular weight excluding hydrogens is 412 g/mol. The molecule has 0 saturated heterocycles. The molecule has 0 fully saturated rings. The van der Waals surface area contributed by atoms with Gasteiger partial charge in [-0.2, -0.15) is 10.6 Å². The summed E-state index contributed by atoms with van der Waals surface area (Å²) in [6, 6.07) is 3.95. The monoisotopic (exact) mass is 438 g/mol. The van der Waals surface area contributed by atoms with E-state index in [0.717, 1.165) is 4.90 Å². The van der Waals surface area contributed by atoms with E-state index in [0.29, 0.717) is 18.5 Å². The van der Waals surface area contributed by atoms with E-state index in [2.05, 4.69) is 25.0 Å². The Kier molecular flexibility index (Phi) is 7.01. The fraction of sp³-hybridized carbons (Fsp3) is 0.381. The molecule has 11 nitrogen and oxygen atoms in total. The van der Waals surface area contributed by atoms with Gasteiger partial charge in [-0.1, -0.05) is 34.1 Å². The maximum atomic E-state index is 13.5. The van der Waals surface area contributed by atoms with E-state index in [1.165, 1.54) is 29.5 Å². The van der Waals surface area contributed by atoms with Gasteiger partial charge in [-0.15, -0.1) is 0 Å². The van der Waals surface area contributed by atoms with Crippen LogP contribution in [-0.4, -0.2) is 52.8 Å². The lowest BCUT2D eigenvalue weighted by atomic mass is 9.91. The number of hydrogen-bond donors (Lipinski definition) is 2. The van der Waals surface area contributed by atoms with E-state index in [-0.39, 0.29) is 17.6 Å². The molecule has 3 aromatic heterocycles. The number of carbonyl (C=O) groups is 2. The molecule has 2 N–H and O–H groups in total. The van der Waals surface area contributed by atoms with Crippen LogP contribution in [-0.2, 0) is 5.41 Å². The molecule has 0 radical (unpaired) electrons. The van der Waals surface area contributed by atoms with Gasteiger partial charge in [0.1, 0.15) is 6.04 Å². The van der Waals surface area contributed by atoms with Crippen LogP contribution in [0.3, 0.4) is 0 Å². The van der Waals surface area contributed by atoms with Crippen LogP contribution in [0.25, 0.3) is 0 Å². The topological polar surface area (TPSA) is 139 Å². The van der Waals surface area contributed by atoms with Crippen LogP contribution in [0.5, 0.6) is 0 Å². The first-order valence-electron chi connectivity index (χ1n) is 10.2. The Hall–Kier alpha value is -3.57. The van der Waals surface area contributed by atoms with Crippen molar-refractivity contribution >= 4 is 23.7 Å². The second kappa shape index (κ2) is 9.71. The fourth-order valence-electron chi connectivity index (χ4n) is 3.07. The highest BCUT2D eigenvalue weighted by atomic mass is 16.5. The van der Waals surface area contributed by atoms with Gasteiger partial charge in [-0.3, -0.25) is 9.59 Å². The van der Waals surface area contributed by atoms with Crippen LogP contribution in [0.15, 0.2) is 43.0 Å². The van der Waals surface area contributed by atoms with Crippen molar-refractivity contribution in [3.05, 3.63) is 54.4 Å². The van der Waals surface area contributed by atoms with Crippen molar-refractivity contribution < 1.29 is 14.8 Å². The van der Waals surface area contributed by atoms with E-state index < -0.39 is 23.3 Å². The standard InChI is InChI=1S/C21H26N8O3/c1-5-8-14(27-32)18(31)29-16(21(2,3)4)13-15(26-29)17(30)28(19-22-9-6-10-23-19)20-24-11-7-12-25-20/h6-7,9-14,27,32H,5,8H2,1-4H3. The van der Waals surface area contributed by atoms with Crippen molar-refractivity contribution in [3.63, 3.8) is 0 Å². The van der Waals surface area contributed by atoms with Gasteiger partial charge in [-0.25, -0.2) is 29.5 Å². The quantitative estimate of drug-likeness (QED) is 0.533. The minimum Gasteiger partial charge on any atom is -0.316 e. The number of amides is 1. The normalized spacial score (nSPS) is 12.4. The van der Waals surface area contributed by atoms with Crippen molar-refractivity contribution in [1.29, 1.82) is 0 Å². The summed E-state index contributed by atoms with van der Waals surface area (Å²) < 4.78 is 1.17. The summed E-state index contributed by atoms with van der Waals surface area (Å²) in [4.78, 5) is 44.4. The number of carbonyl (C=O) groups excluding carboxylic acids is 2. The maximum absolute atomic E-state index is 13.5. The average Bonchev–Trinajstić information content (AvgIpc) is 3.25. The molecule has 0 aliphatic rings. The SMILES string of the molecule is CCCC(NO)C(=O)n1nc(C(=O)N(c2ncccn2)c2ncccn2)cc1C(C)(C)C. The van der Waals surface area contributed by atoms with Crippen LogP contribution in [0, 0.1) is 0 Å². The molecule has 168 valence electrons. The molecule has 0 bridgehead atoms. The first kappa shape index (κ1) is 23.1. The highest BCUT2D eigenvalue weighted by molar-refractivity contribution is 6.08. The molecule has 11 heteroatoms. The fourth-order valence-corrected chi connectivity index (χ4v) is 3.07. The number of anilines is 2. The van der Waals surface area contributed by atoms with E-state index in [4.69, 9.17) is 0 Å². The van der Waals surface area contributed by atoms with Gasteiger partial charge in [-0.05, 0) is 24.6 Å². The predicted octanol–water partition coefficient (Wildman–Crippen LogP) is 2.53. The third-order valence-electron chi connectivity index (χ3n) is 4.64. The van der Waals surface area contributed by atoms with E-state index in [9.17, 15) is 14.8 Å². The van der Waals surface area contributed by atoms with Crippen LogP contribution in [0.1, 0.15) is 61.5 Å². The Morgan fingerprint density at radius 1 is 1.06 bits per heavy atom. The summed E-state index contributed by atoms with van der Waals surface area (Å²) in [6.07, 6.45) is 7.07. The molecule has 0 spiro atoms. The largest absolute Gasteiger partial charge is 0.316 e. The van der Waals surface area contributed by atoms with Gasteiger partial charge >= 0.3 is 0 Å². The number of hydrogen-bond acceptors (Lipinski definition) is 9. The van der Waals surface area contributed by atoms with Crippen molar-refractivity contribution in [2.24, 2.45) is 0 Å². The molecule has 3 aromatic rings. The van der Waals surface area contributed by atoms with Crippen molar-refractivity contribution in [1.82, 2.24) is 35.2 Å². The molecule has 1 atom stereocenters. The summed E-state index contributed by atoms with van der Waals surface area (Å²) in [5, 5.41) is 13.8. The van der Waals surface area contributed by atoms with Crippen molar-refractivity contribution in [2.75, 3.05) is 4.90 Å². The van der Waals surface area contributed by atoms with Gasteiger partial charge in [0.25, 0.3) is 11.8 Å². The number of aromatic nitrogens is 6. The Bertz CT molecular complexity index is 1020. The highest BCUT2D eigenvalue weighted by Crippen LogP contribution is 2.26. The molecule has 32 heavy (non-hydrogen) atoms. The molecular formula is C21H26N8O3. The van der Waals surface area contributed by atoms with Crippen molar-refractivity contribution in [3.8, 4) is 0 Å². The number of hydroxylamine groups is 1. The van der Waals surface area contributed by atoms with Gasteiger partial charge < -0.3 is 5.21 Å². The van der Waals surface area contributed by atoms with E-state index in [1.54, 1.807) is 18.2 Å². The minimum absolute atomic E-state index is 0.00336. The Labute approximate surface area is 185 Å². The van der Waals surface area contributed by atoms with Gasteiger partial charge in [0.05, 0.1) is 5.69 Å². The van der Waals surface area contributed by atoms with Crippen LogP contribution < -0.4 is 10.4 Å². The van der Waals surface area contributed by atoms with Crippen LogP contribution in [0.2, 0.25) is 0 Å². The molecule has 0 aliphatic heterocycles. The summed E-state index contributed by atoms with van der Waals surface area (Å²) in [5.74, 6) is -0.911. The molecule has 0 saturated carbocycles. The highest BCUT2D eigenvalue weighted by Gasteiger charge is 2.33. The third kappa shape index (κ3) is 4.84. The molecule has 0 aliphatic carbocycles. The first-order valence-corrected chi connectivity index (χ1v) is 10.2. The zero-order chi connectivity index (χ0) is 23.3. The predicted molar refractivity (Wildman–Crippen MR) is 116 cm³/mol. The smallest absolute Gasteiger partial charge is 0.288 e. The first-order chi connectivity index (χ1) is 15.3. The Balaban J connectivity index is 2.10. The summed E-state index contributed by atoms with van der Waals surface area (Å²) in [7, 11) is 0. The lowest BCUT2D eigenvalue weighted by Gasteiger charge is -2.21. The van der Waals surface area contributed by atoms with E-state index >= 15 is 0 Å². The maximum Gasteiger partial charge on any atom is 0.288 e. The second-order valence-corrected chi connectivity index (χ2v) is 8.12. The summed E-state index contributed by atoms with van der Waals surface area (Å²) >= 11 is 0. The van der Waals surface area contributed by atoms with Crippen LogP contribution >= 0.6 is 0 Å². The number of rotatable bonds is 7. The lowest BCUT2D eigenvalue weighted by molar-refractivity contribution is 0.0644. The second-order valence-electron chi connectivity index (χ2n) is 8.12. The molecule has 0 aromatic carbocycles. The number of nitrogens with zero attached hydrogens (tertiary/aromatic N) is 7. The summed E-state index contributed by atoms with van der Waals surface area (Å²) in [5.41, 5.74) is 2.05. The van der Waals surface area contributed by atoms with Gasteiger partial charge in [0, 0.05) is 30.2 Å². The molecule has 1 unspecified atom stereocenters. The zero-order valence-electron chi connectivity index (χ0n) is 18.4. The molecule has 3 rings (SSSR count). The molecule has 1 amide bonds. The van der Waals surface area contributed by atoms with Crippen molar-refractivity contribution in [2.45, 2.75) is 52.0 Å². The Morgan fingerprint density at radius 2 is 1.59 bits per heavy atom. The minimum atomic E-state index is -0.852. The number of nitrogens with one attached hydrogen (secondary N) is 1. The molecule has 3 heterocycles. The lowest BCUT2D eigenvalue weighted by Crippen LogP contribution is -2.40. The van der Waals surface area contributed by atoms with Crippen LogP contribution in [0.4, 0.5) is 11.9 Å². The zero-order valence-corrected chi connectivity index (χ0v) is 18.4. The third-order valence-corrected chi connectivity index (χ3v) is 4.64. The Morgan fingerprint density at radius 3 is 2.03 bits per heavy atom. The average molecular weight is 438 g/mol. The van der Waals surface area contributed by atoms with Gasteiger partial charge in [0.15, 0.2) is 5.69 Å². The summed E-state index contributed by atoms with van der Waals surface area (Å²) in [6.45, 7) is 7.61. The van der Waals surface area contributed by atoms with E-state index in [1.807, 2.05) is 33.2 Å². The van der Waals surface area contributed by atoms with Gasteiger partial charge in [0.2, 0.25) is 11.9 Å².